The summed E-state index contributed by atoms with van der Waals surface area (Å²) in [5.41, 5.74) is 10.6. The summed E-state index contributed by atoms with van der Waals surface area (Å²) in [4.78, 5) is 2.87. The molecule has 0 amide bonds. The second-order valence-corrected chi connectivity index (χ2v) is 26.8. The van der Waals surface area contributed by atoms with Gasteiger partial charge >= 0.3 is 0 Å². The Morgan fingerprint density at radius 2 is 1.19 bits per heavy atom. The molecule has 4 saturated heterocycles. The minimum atomic E-state index is -0.114. The number of aliphatic hydroxyl groups is 2. The average Bonchev–Trinajstić information content (AvgIpc) is 4.04. The zero-order valence-corrected chi connectivity index (χ0v) is 44.0. The summed E-state index contributed by atoms with van der Waals surface area (Å²) in [5, 5.41) is 24.5. The van der Waals surface area contributed by atoms with Crippen LogP contribution in [0.4, 0.5) is 0 Å². The number of likely N-dealkylation sites (tertiary alicyclic amines) is 1. The zero-order chi connectivity index (χ0) is 46.8. The van der Waals surface area contributed by atoms with Gasteiger partial charge in [0.2, 0.25) is 0 Å². The molecule has 4 heterocycles. The minimum absolute atomic E-state index is 0.0222. The number of nitrogens with one attached hydrogen (secondary N) is 1. The van der Waals surface area contributed by atoms with Gasteiger partial charge in [-0.3, -0.25) is 4.90 Å². The second-order valence-electron chi connectivity index (χ2n) is 26.8. The Kier molecular flexibility index (Phi) is 12.9. The molecule has 6 heteroatoms. The normalized spacial score (nSPS) is 50.9. The van der Waals surface area contributed by atoms with Crippen LogP contribution in [0.3, 0.4) is 0 Å². The predicted octanol–water partition coefficient (Wildman–Crippen LogP) is 12.7. The van der Waals surface area contributed by atoms with E-state index < -0.39 is 0 Å². The molecule has 0 aromatic carbocycles. The maximum atomic E-state index is 10.4. The lowest BCUT2D eigenvalue weighted by atomic mass is 9.56. The van der Waals surface area contributed by atoms with Gasteiger partial charge in [-0.05, 0) is 205 Å². The molecule has 4 aliphatic heterocycles. The number of ether oxygens (including phenoxy) is 2. The molecule has 12 rings (SSSR count). The van der Waals surface area contributed by atoms with Gasteiger partial charge in [0.15, 0.2) is 0 Å². The lowest BCUT2D eigenvalue weighted by molar-refractivity contribution is -0.0649. The molecule has 67 heavy (non-hydrogen) atoms. The lowest BCUT2D eigenvalue weighted by Crippen LogP contribution is -2.52. The van der Waals surface area contributed by atoms with Crippen LogP contribution >= 0.6 is 0 Å². The zero-order valence-electron chi connectivity index (χ0n) is 44.0. The standard InChI is InChI=1S/C34H55NO2.C27H41NO2/c1-6-7-8-9-10-17-35-21-22(2)18-31-32(35)24(4)34(37-31)16-14-27-28-12-11-25-19-26(36)13-15-33(25,5)30(28)20-29(27)23(34)3;1-15-11-24-25(28-14-15)17(3)27(30-24)10-8-20-21-6-5-18-12-19(29)7-9-26(18,4)23(21)13-22(20)16(27)2/h11,22,24,26-28,30-32,36H,6-10,12-21H2,1-5H3;5,15,17,19-21,23-25,28-29H,6-14H2,1-4H3/t22-,24+,26-,27-,28-,30-,31?,32?,33-,34-;15-,17+,19-,20-,21-,23-,24?,25?,26-,27-/m00/s1. The van der Waals surface area contributed by atoms with E-state index in [1.165, 1.54) is 122 Å². The molecular formula is C61H96N2O4. The summed E-state index contributed by atoms with van der Waals surface area (Å²) >= 11 is 0. The molecule has 0 aromatic rings. The summed E-state index contributed by atoms with van der Waals surface area (Å²) in [7, 11) is 0. The fraction of sp³-hybridized carbons (Fsp3) is 0.869. The third kappa shape index (κ3) is 7.63. The van der Waals surface area contributed by atoms with Crippen LogP contribution in [-0.2, 0) is 9.47 Å². The Hall–Kier alpha value is -1.28. The van der Waals surface area contributed by atoms with Crippen LogP contribution in [0.5, 0.6) is 0 Å². The van der Waals surface area contributed by atoms with Gasteiger partial charge in [-0.15, -0.1) is 0 Å². The van der Waals surface area contributed by atoms with Gasteiger partial charge < -0.3 is 25.0 Å². The van der Waals surface area contributed by atoms with Crippen molar-refractivity contribution in [3.63, 3.8) is 0 Å². The van der Waals surface area contributed by atoms with Gasteiger partial charge in [0.25, 0.3) is 0 Å². The van der Waals surface area contributed by atoms with Crippen molar-refractivity contribution in [3.8, 4) is 0 Å². The topological polar surface area (TPSA) is 74.2 Å². The van der Waals surface area contributed by atoms with Crippen molar-refractivity contribution in [1.82, 2.24) is 10.2 Å². The van der Waals surface area contributed by atoms with Crippen LogP contribution in [0.25, 0.3) is 0 Å². The van der Waals surface area contributed by atoms with Crippen LogP contribution in [0.1, 0.15) is 197 Å². The maximum absolute atomic E-state index is 10.4. The highest BCUT2D eigenvalue weighted by molar-refractivity contribution is 5.40. The van der Waals surface area contributed by atoms with Crippen molar-refractivity contribution in [3.05, 3.63) is 45.6 Å². The van der Waals surface area contributed by atoms with E-state index in [1.54, 1.807) is 33.4 Å². The van der Waals surface area contributed by atoms with Crippen LogP contribution < -0.4 is 5.32 Å². The van der Waals surface area contributed by atoms with Gasteiger partial charge in [0.1, 0.15) is 0 Å². The molecule has 12 aliphatic rings. The molecule has 20 atom stereocenters. The lowest BCUT2D eigenvalue weighted by Gasteiger charge is -2.49. The summed E-state index contributed by atoms with van der Waals surface area (Å²) in [6, 6.07) is 1.13. The quantitative estimate of drug-likeness (QED) is 0.182. The first kappa shape index (κ1) is 48.0. The van der Waals surface area contributed by atoms with Gasteiger partial charge in [-0.2, -0.15) is 0 Å². The first-order chi connectivity index (χ1) is 32.1. The molecule has 3 N–H and O–H groups in total. The third-order valence-corrected chi connectivity index (χ3v) is 23.5. The molecule has 0 radical (unpaired) electrons. The van der Waals surface area contributed by atoms with Crippen molar-refractivity contribution < 1.29 is 19.7 Å². The number of hydrogen-bond donors (Lipinski definition) is 3. The second kappa shape index (κ2) is 18.0. The van der Waals surface area contributed by atoms with Crippen LogP contribution in [0.15, 0.2) is 45.6 Å². The number of fused-ring (bicyclic) bond motifs is 12. The molecule has 8 aliphatic carbocycles. The Balaban J connectivity index is 0.000000151. The number of piperidine rings is 2. The van der Waals surface area contributed by atoms with E-state index in [4.69, 9.17) is 9.47 Å². The van der Waals surface area contributed by atoms with Crippen molar-refractivity contribution in [2.24, 2.45) is 70.0 Å². The monoisotopic (exact) mass is 921 g/mol. The number of hydrogen-bond acceptors (Lipinski definition) is 6. The van der Waals surface area contributed by atoms with E-state index in [0.29, 0.717) is 47.0 Å². The van der Waals surface area contributed by atoms with E-state index in [1.807, 2.05) is 0 Å². The fourth-order valence-electron chi connectivity index (χ4n) is 19.7. The summed E-state index contributed by atoms with van der Waals surface area (Å²) in [6.45, 7) is 25.8. The Labute approximate surface area is 408 Å². The predicted molar refractivity (Wildman–Crippen MR) is 272 cm³/mol. The number of rotatable bonds is 6. The maximum Gasteiger partial charge on any atom is 0.0937 e. The minimum Gasteiger partial charge on any atom is -0.393 e. The Morgan fingerprint density at radius 1 is 0.657 bits per heavy atom. The number of unbranched alkanes of at least 4 members (excludes halogenated alkanes) is 4. The molecule has 4 saturated carbocycles. The van der Waals surface area contributed by atoms with E-state index in [2.05, 4.69) is 84.7 Å². The Morgan fingerprint density at radius 3 is 1.78 bits per heavy atom. The number of nitrogens with zero attached hydrogens (tertiary/aromatic N) is 1. The molecule has 6 nitrogen and oxygen atoms in total. The van der Waals surface area contributed by atoms with E-state index >= 15 is 0 Å². The fourth-order valence-corrected chi connectivity index (χ4v) is 19.7. The highest BCUT2D eigenvalue weighted by Crippen LogP contribution is 2.67. The summed E-state index contributed by atoms with van der Waals surface area (Å²) in [5.74, 6) is 7.32. The highest BCUT2D eigenvalue weighted by Gasteiger charge is 2.63. The largest absolute Gasteiger partial charge is 0.393 e. The molecule has 4 unspecified atom stereocenters. The molecule has 8 fully saturated rings. The van der Waals surface area contributed by atoms with Crippen molar-refractivity contribution in [2.45, 2.75) is 245 Å². The van der Waals surface area contributed by atoms with Crippen LogP contribution in [0, 0.1) is 70.0 Å². The number of aliphatic hydroxyl groups excluding tert-OH is 2. The van der Waals surface area contributed by atoms with Crippen LogP contribution in [-0.4, -0.2) is 82.4 Å². The first-order valence-corrected chi connectivity index (χ1v) is 29.1. The van der Waals surface area contributed by atoms with Crippen molar-refractivity contribution in [2.75, 3.05) is 19.6 Å². The molecular weight excluding hydrogens is 825 g/mol. The van der Waals surface area contributed by atoms with Crippen LogP contribution in [0.2, 0.25) is 0 Å². The smallest absolute Gasteiger partial charge is 0.0937 e. The Bertz CT molecular complexity index is 2000. The van der Waals surface area contributed by atoms with Gasteiger partial charge in [0.05, 0.1) is 35.6 Å². The van der Waals surface area contributed by atoms with Crippen molar-refractivity contribution in [1.29, 1.82) is 0 Å². The molecule has 374 valence electrons. The van der Waals surface area contributed by atoms with Gasteiger partial charge in [0, 0.05) is 30.5 Å². The van der Waals surface area contributed by atoms with Crippen molar-refractivity contribution >= 4 is 0 Å². The number of allylic oxidation sites excluding steroid dienone is 4. The molecule has 0 aromatic heterocycles. The van der Waals surface area contributed by atoms with E-state index in [-0.39, 0.29) is 23.4 Å². The van der Waals surface area contributed by atoms with Gasteiger partial charge in [-0.1, -0.05) is 109 Å². The SMILES string of the molecule is CC1=C2C[C@H]3[C@@H](CC=C4C[C@@H](O)CC[C@@]43C)[C@@H]2CC[C@]12OC1C[C@H](C)CNC1[C@H]2C.CCCCCCCN1C[C@@H](C)CC2O[C@]3(CC[C@@H]4C(=C3C)C[C@H]3[C@H]4CC=C4C[C@@H](O)CC[C@@]43C)[C@H](C)C21. The molecule has 0 bridgehead atoms. The van der Waals surface area contributed by atoms with E-state index in [0.717, 1.165) is 79.6 Å². The average molecular weight is 921 g/mol. The first-order valence-electron chi connectivity index (χ1n) is 29.1. The van der Waals surface area contributed by atoms with Gasteiger partial charge in [-0.25, -0.2) is 0 Å². The summed E-state index contributed by atoms with van der Waals surface area (Å²) < 4.78 is 14.4. The highest BCUT2D eigenvalue weighted by atomic mass is 16.5. The summed E-state index contributed by atoms with van der Waals surface area (Å²) in [6.07, 6.45) is 31.3. The van der Waals surface area contributed by atoms with E-state index in [9.17, 15) is 10.2 Å². The molecule has 2 spiro atoms. The third-order valence-electron chi connectivity index (χ3n) is 23.5.